The van der Waals surface area contributed by atoms with Gasteiger partial charge in [-0.2, -0.15) is 21.9 Å². The molecule has 0 amide bonds. The molecule has 0 spiro atoms. The summed E-state index contributed by atoms with van der Waals surface area (Å²) in [7, 11) is 3.42. The van der Waals surface area contributed by atoms with Crippen LogP contribution in [0.3, 0.4) is 0 Å². The van der Waals surface area contributed by atoms with E-state index in [1.165, 1.54) is 29.0 Å². The number of nitrogens with zero attached hydrogens (tertiary/aromatic N) is 1. The van der Waals surface area contributed by atoms with E-state index in [9.17, 15) is 9.59 Å². The van der Waals surface area contributed by atoms with E-state index < -0.39 is 18.2 Å². The number of hydrogen-bond donors (Lipinski definition) is 0. The van der Waals surface area contributed by atoms with Gasteiger partial charge in [0.25, 0.3) is 0 Å². The normalized spacial score (nSPS) is 20.4. The molecule has 5 nitrogen and oxygen atoms in total. The summed E-state index contributed by atoms with van der Waals surface area (Å²) in [6, 6.07) is 52.9. The third-order valence-corrected chi connectivity index (χ3v) is 10.2. The highest BCUT2D eigenvalue weighted by Crippen LogP contribution is 2.40. The maximum absolute atomic E-state index is 12.3. The zero-order chi connectivity index (χ0) is 32.6. The number of ether oxygens (including phenoxy) is 2. The van der Waals surface area contributed by atoms with Crippen LogP contribution in [0.25, 0.3) is 0 Å². The quantitative estimate of drug-likeness (QED) is 0.190. The Morgan fingerprint density at radius 2 is 1.02 bits per heavy atom. The molecule has 4 atom stereocenters. The second-order valence-electron chi connectivity index (χ2n) is 12.6. The van der Waals surface area contributed by atoms with E-state index in [-0.39, 0.29) is 18.0 Å². The minimum atomic E-state index is -1.22. The number of hydrogen-bond acceptors (Lipinski definition) is 5. The molecule has 4 unspecified atom stereocenters. The van der Waals surface area contributed by atoms with E-state index in [2.05, 4.69) is 126 Å². The van der Waals surface area contributed by atoms with Crippen LogP contribution in [0.4, 0.5) is 0 Å². The van der Waals surface area contributed by atoms with Gasteiger partial charge in [-0.3, -0.25) is 9.69 Å². The number of methoxy groups -OCH3 is 1. The lowest BCUT2D eigenvalue weighted by molar-refractivity contribution is -0.156. The van der Waals surface area contributed by atoms with Gasteiger partial charge in [0.05, 0.1) is 12.7 Å². The first kappa shape index (κ1) is 32.0. The van der Waals surface area contributed by atoms with Crippen molar-refractivity contribution in [1.82, 2.24) is 4.90 Å². The number of carbonyl (C=O) groups is 2. The van der Waals surface area contributed by atoms with Gasteiger partial charge in [0.1, 0.15) is 18.2 Å². The fourth-order valence-electron chi connectivity index (χ4n) is 7.89. The molecule has 2 bridgehead atoms. The SMILES string of the molecule is COC(=O)C1C(OC(=O)c2ccccc2)CC2CCC1N2C.c1ccc([B-](c2ccccc2)(c2ccccc2)c2ccccc2)cc1. The molecule has 0 aliphatic carbocycles. The number of rotatable bonds is 7. The Morgan fingerprint density at radius 1 is 0.617 bits per heavy atom. The third kappa shape index (κ3) is 6.52. The molecule has 0 saturated carbocycles. The van der Waals surface area contributed by atoms with Gasteiger partial charge in [-0.1, -0.05) is 140 Å². The third-order valence-electron chi connectivity index (χ3n) is 10.2. The topological polar surface area (TPSA) is 55.8 Å². The largest absolute Gasteiger partial charge is 0.469 e. The summed E-state index contributed by atoms with van der Waals surface area (Å²) in [4.78, 5) is 26.7. The van der Waals surface area contributed by atoms with Crippen molar-refractivity contribution in [1.29, 1.82) is 0 Å². The predicted octanol–water partition coefficient (Wildman–Crippen LogP) is 4.93. The van der Waals surface area contributed by atoms with Crippen molar-refractivity contribution in [2.75, 3.05) is 14.2 Å². The van der Waals surface area contributed by atoms with E-state index >= 15 is 0 Å². The average molecular weight is 623 g/mol. The molecule has 2 fully saturated rings. The summed E-state index contributed by atoms with van der Waals surface area (Å²) >= 11 is 0. The molecule has 0 aromatic heterocycles. The van der Waals surface area contributed by atoms with Crippen LogP contribution in [0.1, 0.15) is 29.6 Å². The fourth-order valence-corrected chi connectivity index (χ4v) is 7.89. The number of fused-ring (bicyclic) bond motifs is 2. The maximum atomic E-state index is 12.3. The minimum absolute atomic E-state index is 0.0970. The molecule has 7 rings (SSSR count). The molecule has 2 saturated heterocycles. The van der Waals surface area contributed by atoms with Crippen LogP contribution < -0.4 is 21.9 Å². The second kappa shape index (κ2) is 14.7. The van der Waals surface area contributed by atoms with Crippen LogP contribution in [-0.4, -0.2) is 55.3 Å². The van der Waals surface area contributed by atoms with Gasteiger partial charge in [-0.05, 0) is 32.0 Å². The fraction of sp³-hybridized carbons (Fsp3) is 0.220. The average Bonchev–Trinajstić information content (AvgIpc) is 3.37. The van der Waals surface area contributed by atoms with Crippen molar-refractivity contribution in [2.24, 2.45) is 5.92 Å². The van der Waals surface area contributed by atoms with Crippen LogP contribution in [-0.2, 0) is 14.3 Å². The van der Waals surface area contributed by atoms with Crippen LogP contribution >= 0.6 is 0 Å². The van der Waals surface area contributed by atoms with E-state index in [0.29, 0.717) is 18.0 Å². The van der Waals surface area contributed by atoms with Gasteiger partial charge in [0, 0.05) is 18.5 Å². The van der Waals surface area contributed by atoms with Crippen molar-refractivity contribution in [3.05, 3.63) is 157 Å². The Hall–Kier alpha value is -4.94. The molecule has 2 aliphatic heterocycles. The summed E-state index contributed by atoms with van der Waals surface area (Å²) in [5, 5.41) is 0. The molecular formula is C41H41BNO4-. The summed E-state index contributed by atoms with van der Waals surface area (Å²) in [5.74, 6) is -1.06. The molecule has 6 heteroatoms. The molecular weight excluding hydrogens is 581 g/mol. The van der Waals surface area contributed by atoms with Gasteiger partial charge in [0.2, 0.25) is 0 Å². The Morgan fingerprint density at radius 3 is 1.43 bits per heavy atom. The molecule has 0 N–H and O–H groups in total. The second-order valence-corrected chi connectivity index (χ2v) is 12.6. The molecule has 0 radical (unpaired) electrons. The first-order valence-electron chi connectivity index (χ1n) is 16.5. The molecule has 47 heavy (non-hydrogen) atoms. The number of benzene rings is 5. The van der Waals surface area contributed by atoms with E-state index in [0.717, 1.165) is 12.8 Å². The van der Waals surface area contributed by atoms with Crippen LogP contribution in [0.15, 0.2) is 152 Å². The lowest BCUT2D eigenvalue weighted by Crippen LogP contribution is -2.74. The molecule has 5 aromatic carbocycles. The summed E-state index contributed by atoms with van der Waals surface area (Å²) in [6.45, 7) is 0. The Labute approximate surface area is 278 Å². The predicted molar refractivity (Wildman–Crippen MR) is 190 cm³/mol. The van der Waals surface area contributed by atoms with E-state index in [1.54, 1.807) is 24.3 Å². The molecule has 5 aromatic rings. The van der Waals surface area contributed by atoms with Gasteiger partial charge in [-0.15, -0.1) is 0 Å². The van der Waals surface area contributed by atoms with Gasteiger partial charge >= 0.3 is 11.9 Å². The minimum Gasteiger partial charge on any atom is -0.469 e. The zero-order valence-electron chi connectivity index (χ0n) is 27.0. The van der Waals surface area contributed by atoms with E-state index in [4.69, 9.17) is 9.47 Å². The summed E-state index contributed by atoms with van der Waals surface area (Å²) in [5.41, 5.74) is 5.87. The van der Waals surface area contributed by atoms with Gasteiger partial charge in [0.15, 0.2) is 0 Å². The van der Waals surface area contributed by atoms with E-state index in [1.807, 2.05) is 13.1 Å². The van der Waals surface area contributed by atoms with Crippen LogP contribution in [0, 0.1) is 5.92 Å². The number of piperidine rings is 1. The highest BCUT2D eigenvalue weighted by atomic mass is 16.6. The van der Waals surface area contributed by atoms with Crippen molar-refractivity contribution in [3.8, 4) is 0 Å². The lowest BCUT2D eigenvalue weighted by Gasteiger charge is -2.44. The summed E-state index contributed by atoms with van der Waals surface area (Å²) in [6.07, 6.45) is 1.04. The van der Waals surface area contributed by atoms with Crippen molar-refractivity contribution in [2.45, 2.75) is 37.5 Å². The highest BCUT2D eigenvalue weighted by Gasteiger charge is 2.51. The Bertz CT molecular complexity index is 1570. The van der Waals surface area contributed by atoms with Crippen molar-refractivity contribution in [3.63, 3.8) is 0 Å². The Kier molecular flexibility index (Phi) is 9.99. The zero-order valence-corrected chi connectivity index (χ0v) is 27.0. The molecule has 2 heterocycles. The Balaban J connectivity index is 0.000000166. The van der Waals surface area contributed by atoms with Crippen molar-refractivity contribution >= 4 is 39.9 Å². The standard InChI is InChI=1S/C24H20B.C17H21NO4/c1-5-13-21(14-6-1)25(22-15-7-2-8-16-22,23-17-9-3-10-18-23)24-19-11-4-12-20-24;1-18-12-8-9-13(18)15(17(20)21-2)14(10-12)22-16(19)11-6-4-3-5-7-11/h1-20H;3-7,12-15H,8-10H2,1-2H3/q-1;. The van der Waals surface area contributed by atoms with Crippen molar-refractivity contribution < 1.29 is 19.1 Å². The first-order valence-corrected chi connectivity index (χ1v) is 16.5. The molecule has 238 valence electrons. The summed E-state index contributed by atoms with van der Waals surface area (Å²) < 4.78 is 10.6. The first-order chi connectivity index (χ1) is 23.0. The monoisotopic (exact) mass is 622 g/mol. The number of esters is 2. The van der Waals surface area contributed by atoms with Crippen LogP contribution in [0.2, 0.25) is 0 Å². The number of carbonyl (C=O) groups excluding carboxylic acids is 2. The van der Waals surface area contributed by atoms with Crippen LogP contribution in [0.5, 0.6) is 0 Å². The highest BCUT2D eigenvalue weighted by molar-refractivity contribution is 7.19. The maximum Gasteiger partial charge on any atom is 0.338 e. The van der Waals surface area contributed by atoms with Gasteiger partial charge in [-0.25, -0.2) is 4.79 Å². The molecule has 2 aliphatic rings. The van der Waals surface area contributed by atoms with Gasteiger partial charge < -0.3 is 9.47 Å². The smallest absolute Gasteiger partial charge is 0.338 e. The lowest BCUT2D eigenvalue weighted by atomic mass is 9.13.